The molecular formula is C15H24N2O. The highest BCUT2D eigenvalue weighted by molar-refractivity contribution is 5.21. The first-order valence-corrected chi connectivity index (χ1v) is 6.77. The summed E-state index contributed by atoms with van der Waals surface area (Å²) in [5.41, 5.74) is 8.30. The third-order valence-corrected chi connectivity index (χ3v) is 3.55. The number of ether oxygens (including phenoxy) is 1. The van der Waals surface area contributed by atoms with Crippen molar-refractivity contribution < 1.29 is 4.74 Å². The van der Waals surface area contributed by atoms with Crippen LogP contribution in [0.25, 0.3) is 0 Å². The van der Waals surface area contributed by atoms with Crippen molar-refractivity contribution in [2.45, 2.75) is 38.5 Å². The van der Waals surface area contributed by atoms with Crippen LogP contribution in [-0.2, 0) is 11.3 Å². The molecule has 0 bridgehead atoms. The van der Waals surface area contributed by atoms with Crippen molar-refractivity contribution in [1.82, 2.24) is 4.90 Å². The first-order valence-electron chi connectivity index (χ1n) is 6.77. The monoisotopic (exact) mass is 248 g/mol. The summed E-state index contributed by atoms with van der Waals surface area (Å²) >= 11 is 0. The van der Waals surface area contributed by atoms with Gasteiger partial charge in [0.25, 0.3) is 0 Å². The number of rotatable bonds is 5. The largest absolute Gasteiger partial charge is 0.372 e. The van der Waals surface area contributed by atoms with E-state index in [4.69, 9.17) is 10.5 Å². The molecule has 0 saturated carbocycles. The molecule has 2 unspecified atom stereocenters. The molecule has 18 heavy (non-hydrogen) atoms. The van der Waals surface area contributed by atoms with E-state index in [-0.39, 0.29) is 6.10 Å². The molecule has 1 fully saturated rings. The first-order chi connectivity index (χ1) is 8.67. The van der Waals surface area contributed by atoms with Gasteiger partial charge in [-0.15, -0.1) is 0 Å². The molecule has 0 aliphatic carbocycles. The molecule has 2 rings (SSSR count). The van der Waals surface area contributed by atoms with Crippen molar-refractivity contribution in [2.75, 3.05) is 20.1 Å². The molecule has 100 valence electrons. The minimum absolute atomic E-state index is 0.280. The van der Waals surface area contributed by atoms with Crippen LogP contribution in [0.15, 0.2) is 24.3 Å². The number of benzene rings is 1. The van der Waals surface area contributed by atoms with Crippen LogP contribution in [0, 0.1) is 6.92 Å². The number of hydrogen-bond donors (Lipinski definition) is 1. The standard InChI is InChI=1S/C15H24N2O/c1-12-3-5-13(6-4-12)10-17(2)11-15-8-7-14(9-16)18-15/h3-6,14-15H,7-11,16H2,1-2H3. The number of aryl methyl sites for hydroxylation is 1. The van der Waals surface area contributed by atoms with Crippen molar-refractivity contribution in [2.24, 2.45) is 5.73 Å². The lowest BCUT2D eigenvalue weighted by Crippen LogP contribution is -2.30. The molecule has 0 aromatic heterocycles. The zero-order chi connectivity index (χ0) is 13.0. The lowest BCUT2D eigenvalue weighted by Gasteiger charge is -2.21. The molecule has 0 amide bonds. The average Bonchev–Trinajstić information content (AvgIpc) is 2.79. The summed E-state index contributed by atoms with van der Waals surface area (Å²) in [6.45, 7) is 4.74. The van der Waals surface area contributed by atoms with E-state index in [1.54, 1.807) is 0 Å². The van der Waals surface area contributed by atoms with Gasteiger partial charge < -0.3 is 10.5 Å². The number of nitrogens with two attached hydrogens (primary N) is 1. The summed E-state index contributed by atoms with van der Waals surface area (Å²) in [6.07, 6.45) is 2.89. The van der Waals surface area contributed by atoms with Gasteiger partial charge in [-0.2, -0.15) is 0 Å². The molecule has 1 heterocycles. The summed E-state index contributed by atoms with van der Waals surface area (Å²) in [5, 5.41) is 0. The predicted octanol–water partition coefficient (Wildman–Crippen LogP) is 1.93. The van der Waals surface area contributed by atoms with E-state index in [1.807, 2.05) is 0 Å². The molecule has 1 saturated heterocycles. The van der Waals surface area contributed by atoms with E-state index in [9.17, 15) is 0 Å². The Hall–Kier alpha value is -0.900. The van der Waals surface area contributed by atoms with E-state index >= 15 is 0 Å². The van der Waals surface area contributed by atoms with Crippen LogP contribution in [-0.4, -0.2) is 37.2 Å². The Kier molecular flexibility index (Phi) is 4.75. The van der Waals surface area contributed by atoms with Gasteiger partial charge in [-0.1, -0.05) is 29.8 Å². The summed E-state index contributed by atoms with van der Waals surface area (Å²) in [6, 6.07) is 8.73. The van der Waals surface area contributed by atoms with Crippen LogP contribution < -0.4 is 5.73 Å². The van der Waals surface area contributed by atoms with Crippen molar-refractivity contribution in [3.05, 3.63) is 35.4 Å². The van der Waals surface area contributed by atoms with Gasteiger partial charge in [0.15, 0.2) is 0 Å². The molecule has 0 radical (unpaired) electrons. The first kappa shape index (κ1) is 13.5. The Bertz CT molecular complexity index is 363. The predicted molar refractivity (Wildman–Crippen MR) is 74.5 cm³/mol. The Morgan fingerprint density at radius 3 is 2.50 bits per heavy atom. The fraction of sp³-hybridized carbons (Fsp3) is 0.600. The maximum atomic E-state index is 5.87. The second-order valence-corrected chi connectivity index (χ2v) is 5.38. The number of nitrogens with zero attached hydrogens (tertiary/aromatic N) is 1. The smallest absolute Gasteiger partial charge is 0.0707 e. The number of hydrogen-bond acceptors (Lipinski definition) is 3. The van der Waals surface area contributed by atoms with Gasteiger partial charge in [0.1, 0.15) is 0 Å². The normalized spacial score (nSPS) is 23.8. The van der Waals surface area contributed by atoms with E-state index in [1.165, 1.54) is 11.1 Å². The maximum Gasteiger partial charge on any atom is 0.0707 e. The van der Waals surface area contributed by atoms with Gasteiger partial charge in [-0.25, -0.2) is 0 Å². The average molecular weight is 248 g/mol. The van der Waals surface area contributed by atoms with Crippen molar-refractivity contribution in [3.63, 3.8) is 0 Å². The highest BCUT2D eigenvalue weighted by Crippen LogP contribution is 2.20. The van der Waals surface area contributed by atoms with Crippen LogP contribution in [0.1, 0.15) is 24.0 Å². The van der Waals surface area contributed by atoms with E-state index in [0.717, 1.165) is 25.9 Å². The van der Waals surface area contributed by atoms with Crippen molar-refractivity contribution in [3.8, 4) is 0 Å². The second-order valence-electron chi connectivity index (χ2n) is 5.38. The molecule has 2 atom stereocenters. The number of likely N-dealkylation sites (N-methyl/N-ethyl adjacent to an activating group) is 1. The van der Waals surface area contributed by atoms with Crippen molar-refractivity contribution in [1.29, 1.82) is 0 Å². The van der Waals surface area contributed by atoms with Gasteiger partial charge in [0.2, 0.25) is 0 Å². The van der Waals surface area contributed by atoms with Crippen molar-refractivity contribution >= 4 is 0 Å². The minimum Gasteiger partial charge on any atom is -0.372 e. The lowest BCUT2D eigenvalue weighted by atomic mass is 10.1. The molecule has 3 heteroatoms. The maximum absolute atomic E-state index is 5.87. The Balaban J connectivity index is 1.78. The fourth-order valence-electron chi connectivity index (χ4n) is 2.51. The Labute approximate surface area is 110 Å². The van der Waals surface area contributed by atoms with Crippen LogP contribution in [0.5, 0.6) is 0 Å². The van der Waals surface area contributed by atoms with Crippen LogP contribution >= 0.6 is 0 Å². The van der Waals surface area contributed by atoms with E-state index in [0.29, 0.717) is 12.6 Å². The lowest BCUT2D eigenvalue weighted by molar-refractivity contribution is 0.0306. The molecule has 1 aliphatic rings. The quantitative estimate of drug-likeness (QED) is 0.865. The Morgan fingerprint density at radius 1 is 1.22 bits per heavy atom. The Morgan fingerprint density at radius 2 is 1.89 bits per heavy atom. The van der Waals surface area contributed by atoms with Crippen LogP contribution in [0.3, 0.4) is 0 Å². The van der Waals surface area contributed by atoms with Gasteiger partial charge in [0.05, 0.1) is 12.2 Å². The minimum atomic E-state index is 0.280. The summed E-state index contributed by atoms with van der Waals surface area (Å²) in [7, 11) is 2.15. The third kappa shape index (κ3) is 3.80. The molecule has 1 aromatic rings. The van der Waals surface area contributed by atoms with Crippen LogP contribution in [0.2, 0.25) is 0 Å². The topological polar surface area (TPSA) is 38.5 Å². The molecule has 2 N–H and O–H groups in total. The third-order valence-electron chi connectivity index (χ3n) is 3.55. The zero-order valence-electron chi connectivity index (χ0n) is 11.4. The molecule has 0 spiro atoms. The second kappa shape index (κ2) is 6.32. The summed E-state index contributed by atoms with van der Waals surface area (Å²) in [5.74, 6) is 0. The van der Waals surface area contributed by atoms with E-state index < -0.39 is 0 Å². The zero-order valence-corrected chi connectivity index (χ0v) is 11.4. The van der Waals surface area contributed by atoms with Gasteiger partial charge in [0, 0.05) is 19.6 Å². The van der Waals surface area contributed by atoms with Gasteiger partial charge in [-0.05, 0) is 32.4 Å². The SMILES string of the molecule is Cc1ccc(CN(C)CC2CCC(CN)O2)cc1. The fourth-order valence-corrected chi connectivity index (χ4v) is 2.51. The molecule has 3 nitrogen and oxygen atoms in total. The summed E-state index contributed by atoms with van der Waals surface area (Å²) in [4.78, 5) is 2.33. The molecule has 1 aromatic carbocycles. The molecular weight excluding hydrogens is 224 g/mol. The molecule has 1 aliphatic heterocycles. The highest BCUT2D eigenvalue weighted by atomic mass is 16.5. The van der Waals surface area contributed by atoms with E-state index in [2.05, 4.69) is 43.1 Å². The van der Waals surface area contributed by atoms with Gasteiger partial charge >= 0.3 is 0 Å². The summed E-state index contributed by atoms with van der Waals surface area (Å²) < 4.78 is 5.87. The van der Waals surface area contributed by atoms with Crippen LogP contribution in [0.4, 0.5) is 0 Å². The highest BCUT2D eigenvalue weighted by Gasteiger charge is 2.24. The van der Waals surface area contributed by atoms with Gasteiger partial charge in [-0.3, -0.25) is 4.90 Å².